The maximum Gasteiger partial charge on any atom is 0.249 e. The van der Waals surface area contributed by atoms with Crippen molar-refractivity contribution in [3.05, 3.63) is 65.5 Å². The molecule has 1 aromatic heterocycles. The van der Waals surface area contributed by atoms with Gasteiger partial charge in [-0.25, -0.2) is 5.06 Å². The number of aryl methyl sites for hydroxylation is 1. The van der Waals surface area contributed by atoms with Crippen LogP contribution in [0.1, 0.15) is 36.1 Å². The molecule has 2 saturated heterocycles. The Kier molecular flexibility index (Phi) is 4.74. The second-order valence-electron chi connectivity index (χ2n) is 7.45. The molecule has 1 amide bonds. The Morgan fingerprint density at radius 2 is 1.81 bits per heavy atom. The van der Waals surface area contributed by atoms with Crippen LogP contribution in [0.5, 0.6) is 0 Å². The van der Waals surface area contributed by atoms with Crippen LogP contribution in [0.3, 0.4) is 0 Å². The molecule has 2 aliphatic heterocycles. The first-order valence-electron chi connectivity index (χ1n) is 9.29. The second-order valence-corrected chi connectivity index (χ2v) is 7.45. The van der Waals surface area contributed by atoms with Crippen molar-refractivity contribution < 1.29 is 9.63 Å². The number of hydrogen-bond donors (Lipinski definition) is 0. The molecule has 26 heavy (non-hydrogen) atoms. The van der Waals surface area contributed by atoms with E-state index in [1.54, 1.807) is 5.06 Å². The maximum atomic E-state index is 12.4. The van der Waals surface area contributed by atoms with E-state index in [1.807, 2.05) is 43.5 Å². The maximum absolute atomic E-state index is 12.4. The largest absolute Gasteiger partial charge is 0.299 e. The van der Waals surface area contributed by atoms with Gasteiger partial charge in [0.15, 0.2) is 0 Å². The van der Waals surface area contributed by atoms with Crippen molar-refractivity contribution in [1.82, 2.24) is 14.9 Å². The highest BCUT2D eigenvalue weighted by Crippen LogP contribution is 2.37. The first-order valence-corrected chi connectivity index (χ1v) is 9.29. The minimum absolute atomic E-state index is 0.102. The Labute approximate surface area is 154 Å². The second kappa shape index (κ2) is 7.17. The van der Waals surface area contributed by atoms with Crippen LogP contribution in [-0.2, 0) is 22.7 Å². The molecule has 2 fully saturated rings. The van der Waals surface area contributed by atoms with Gasteiger partial charge in [-0.2, -0.15) is 0 Å². The summed E-state index contributed by atoms with van der Waals surface area (Å²) in [7, 11) is 0. The summed E-state index contributed by atoms with van der Waals surface area (Å²) in [5.41, 5.74) is 3.07. The van der Waals surface area contributed by atoms with Gasteiger partial charge in [0.2, 0.25) is 5.91 Å². The van der Waals surface area contributed by atoms with Gasteiger partial charge in [0.05, 0.1) is 13.0 Å². The van der Waals surface area contributed by atoms with Crippen LogP contribution in [0.2, 0.25) is 0 Å². The predicted molar refractivity (Wildman–Crippen MR) is 98.9 cm³/mol. The van der Waals surface area contributed by atoms with Crippen molar-refractivity contribution in [2.24, 2.45) is 0 Å². The van der Waals surface area contributed by atoms with Gasteiger partial charge >= 0.3 is 0 Å². The van der Waals surface area contributed by atoms with E-state index in [2.05, 4.69) is 22.0 Å². The third kappa shape index (κ3) is 3.79. The molecule has 1 spiro atoms. The average molecular weight is 351 g/mol. The molecule has 0 saturated carbocycles. The zero-order valence-electron chi connectivity index (χ0n) is 15.2. The lowest BCUT2D eigenvalue weighted by Gasteiger charge is -2.37. The van der Waals surface area contributed by atoms with Crippen molar-refractivity contribution in [3.8, 4) is 0 Å². The number of benzene rings is 1. The molecule has 5 nitrogen and oxygen atoms in total. The van der Waals surface area contributed by atoms with Crippen LogP contribution in [0.4, 0.5) is 0 Å². The van der Waals surface area contributed by atoms with Gasteiger partial charge in [0.1, 0.15) is 5.60 Å². The normalized spacial score (nSPS) is 20.0. The standard InChI is InChI=1S/C21H25N3O2/c1-17-7-8-19(14-22-17)15-23-11-9-21(10-12-23)13-20(25)24(26-21)16-18-5-3-2-4-6-18/h2-8,14H,9-13,15-16H2,1H3. The summed E-state index contributed by atoms with van der Waals surface area (Å²) in [5, 5.41) is 1.56. The highest BCUT2D eigenvalue weighted by molar-refractivity contribution is 5.78. The summed E-state index contributed by atoms with van der Waals surface area (Å²) in [6.07, 6.45) is 4.24. The zero-order valence-corrected chi connectivity index (χ0v) is 15.2. The minimum atomic E-state index is -0.312. The number of nitrogens with zero attached hydrogens (tertiary/aromatic N) is 3. The van der Waals surface area contributed by atoms with E-state index in [9.17, 15) is 4.79 Å². The number of piperidine rings is 1. The molecule has 0 atom stereocenters. The predicted octanol–water partition coefficient (Wildman–Crippen LogP) is 3.09. The summed E-state index contributed by atoms with van der Waals surface area (Å²) >= 11 is 0. The molecule has 1 aromatic carbocycles. The molecular formula is C21H25N3O2. The van der Waals surface area contributed by atoms with E-state index in [0.29, 0.717) is 13.0 Å². The van der Waals surface area contributed by atoms with Crippen LogP contribution in [0.15, 0.2) is 48.7 Å². The fourth-order valence-corrected chi connectivity index (χ4v) is 3.79. The number of rotatable bonds is 4. The van der Waals surface area contributed by atoms with Gasteiger partial charge in [-0.1, -0.05) is 36.4 Å². The molecule has 4 rings (SSSR count). The van der Waals surface area contributed by atoms with Crippen molar-refractivity contribution in [2.45, 2.75) is 44.9 Å². The molecule has 2 aliphatic rings. The Morgan fingerprint density at radius 3 is 2.50 bits per heavy atom. The number of amides is 1. The van der Waals surface area contributed by atoms with E-state index < -0.39 is 0 Å². The van der Waals surface area contributed by atoms with Crippen LogP contribution in [0.25, 0.3) is 0 Å². The van der Waals surface area contributed by atoms with Crippen LogP contribution in [0, 0.1) is 6.92 Å². The Bertz CT molecular complexity index is 753. The molecule has 5 heteroatoms. The van der Waals surface area contributed by atoms with Crippen molar-refractivity contribution in [1.29, 1.82) is 0 Å². The van der Waals surface area contributed by atoms with E-state index >= 15 is 0 Å². The molecular weight excluding hydrogens is 326 g/mol. The van der Waals surface area contributed by atoms with Gasteiger partial charge in [0.25, 0.3) is 0 Å². The Morgan fingerprint density at radius 1 is 1.04 bits per heavy atom. The first-order chi connectivity index (χ1) is 12.6. The number of carbonyl (C=O) groups is 1. The van der Waals surface area contributed by atoms with Gasteiger partial charge in [0, 0.05) is 31.5 Å². The van der Waals surface area contributed by atoms with Crippen LogP contribution in [-0.4, -0.2) is 39.5 Å². The highest BCUT2D eigenvalue weighted by atomic mass is 16.7. The van der Waals surface area contributed by atoms with Crippen molar-refractivity contribution in [2.75, 3.05) is 13.1 Å². The summed E-state index contributed by atoms with van der Waals surface area (Å²) in [4.78, 5) is 25.4. The SMILES string of the molecule is Cc1ccc(CN2CCC3(CC2)CC(=O)N(Cc2ccccc2)O3)cn1. The summed E-state index contributed by atoms with van der Waals surface area (Å²) in [5.74, 6) is 0.102. The van der Waals surface area contributed by atoms with E-state index in [-0.39, 0.29) is 11.5 Å². The summed E-state index contributed by atoms with van der Waals surface area (Å²) < 4.78 is 0. The van der Waals surface area contributed by atoms with Gasteiger partial charge in [-0.3, -0.25) is 19.5 Å². The average Bonchev–Trinajstić information content (AvgIpc) is 2.95. The third-order valence-electron chi connectivity index (χ3n) is 5.37. The van der Waals surface area contributed by atoms with Crippen LogP contribution < -0.4 is 0 Å². The number of likely N-dealkylation sites (tertiary alicyclic amines) is 1. The fourth-order valence-electron chi connectivity index (χ4n) is 3.79. The number of hydrogen-bond acceptors (Lipinski definition) is 4. The third-order valence-corrected chi connectivity index (χ3v) is 5.37. The zero-order chi connectivity index (χ0) is 18.0. The van der Waals surface area contributed by atoms with E-state index in [0.717, 1.165) is 43.7 Å². The molecule has 0 bridgehead atoms. The number of pyridine rings is 1. The first kappa shape index (κ1) is 17.2. The number of carbonyl (C=O) groups excluding carboxylic acids is 1. The molecule has 0 radical (unpaired) electrons. The molecule has 136 valence electrons. The van der Waals surface area contributed by atoms with Gasteiger partial charge in [-0.15, -0.1) is 0 Å². The van der Waals surface area contributed by atoms with Gasteiger partial charge in [-0.05, 0) is 37.0 Å². The monoisotopic (exact) mass is 351 g/mol. The molecule has 0 unspecified atom stereocenters. The van der Waals surface area contributed by atoms with Crippen molar-refractivity contribution >= 4 is 5.91 Å². The smallest absolute Gasteiger partial charge is 0.249 e. The fraction of sp³-hybridized carbons (Fsp3) is 0.429. The molecule has 2 aromatic rings. The lowest BCUT2D eigenvalue weighted by atomic mass is 9.88. The minimum Gasteiger partial charge on any atom is -0.299 e. The quantitative estimate of drug-likeness (QED) is 0.849. The lowest BCUT2D eigenvalue weighted by Crippen LogP contribution is -2.44. The topological polar surface area (TPSA) is 45.7 Å². The van der Waals surface area contributed by atoms with Crippen LogP contribution >= 0.6 is 0 Å². The molecule has 3 heterocycles. The lowest BCUT2D eigenvalue weighted by molar-refractivity contribution is -0.214. The highest BCUT2D eigenvalue weighted by Gasteiger charge is 2.46. The van der Waals surface area contributed by atoms with Crippen molar-refractivity contribution in [3.63, 3.8) is 0 Å². The van der Waals surface area contributed by atoms with E-state index in [4.69, 9.17) is 4.84 Å². The number of hydroxylamine groups is 2. The Hall–Kier alpha value is -2.24. The molecule has 0 aliphatic carbocycles. The summed E-state index contributed by atoms with van der Waals surface area (Å²) in [6.45, 7) is 5.33. The number of aromatic nitrogens is 1. The van der Waals surface area contributed by atoms with Gasteiger partial charge < -0.3 is 0 Å². The Balaban J connectivity index is 1.33. The van der Waals surface area contributed by atoms with E-state index in [1.165, 1.54) is 5.56 Å². The molecule has 0 N–H and O–H groups in total. The summed E-state index contributed by atoms with van der Waals surface area (Å²) in [6, 6.07) is 14.2.